The van der Waals surface area contributed by atoms with Crippen molar-refractivity contribution in [3.05, 3.63) is 65.5 Å². The van der Waals surface area contributed by atoms with Crippen LogP contribution >= 0.6 is 0 Å². The number of carbonyl (C=O) groups excluding carboxylic acids is 2. The first-order chi connectivity index (χ1) is 20.7. The molecule has 1 amide bonds. The average Bonchev–Trinajstić information content (AvgIpc) is 2.98. The van der Waals surface area contributed by atoms with Gasteiger partial charge in [0, 0.05) is 30.3 Å². The number of carbonyl (C=O) groups is 2. The standard InChI is InChI=1S/C34H42FN3O6/c1-19(2)30(36)32(39)44-21(4)17-42-23-11-12-25(29(16-23)41-8)24-13-14-27-31(38(7)33(40)34(5,6)37-27)26(24)18-43-28-15-22(35)10-9-20(28)3/h9-16,19,21,30,37H,17-18,36H2,1-8H3/t21-,30-/m0/s1. The number of hydrogen-bond acceptors (Lipinski definition) is 8. The van der Waals surface area contributed by atoms with E-state index in [1.165, 1.54) is 12.1 Å². The zero-order chi connectivity index (χ0) is 32.3. The van der Waals surface area contributed by atoms with Gasteiger partial charge in [0.2, 0.25) is 0 Å². The van der Waals surface area contributed by atoms with Gasteiger partial charge in [-0.05, 0) is 69.0 Å². The number of likely N-dealkylation sites (N-methyl/N-ethyl adjacent to an activating group) is 1. The molecule has 0 aliphatic carbocycles. The first-order valence-corrected chi connectivity index (χ1v) is 14.6. The number of rotatable bonds is 11. The minimum absolute atomic E-state index is 0.0376. The molecule has 236 valence electrons. The molecule has 0 aromatic heterocycles. The van der Waals surface area contributed by atoms with E-state index < -0.39 is 29.5 Å². The summed E-state index contributed by atoms with van der Waals surface area (Å²) in [6.45, 7) is 11.1. The Bertz CT molecular complexity index is 1540. The van der Waals surface area contributed by atoms with Crippen LogP contribution in [0.1, 0.15) is 45.7 Å². The van der Waals surface area contributed by atoms with Crippen LogP contribution in [0.4, 0.5) is 15.8 Å². The van der Waals surface area contributed by atoms with Crippen LogP contribution in [0.3, 0.4) is 0 Å². The number of nitrogens with zero attached hydrogens (tertiary/aromatic N) is 1. The molecule has 10 heteroatoms. The van der Waals surface area contributed by atoms with Crippen LogP contribution in [0.5, 0.6) is 17.2 Å². The molecule has 0 radical (unpaired) electrons. The van der Waals surface area contributed by atoms with Crippen molar-refractivity contribution >= 4 is 23.3 Å². The number of anilines is 2. The number of esters is 1. The molecule has 0 spiro atoms. The fourth-order valence-corrected chi connectivity index (χ4v) is 5.09. The van der Waals surface area contributed by atoms with E-state index in [0.717, 1.165) is 27.9 Å². The van der Waals surface area contributed by atoms with Crippen LogP contribution in [0.25, 0.3) is 11.1 Å². The second-order valence-corrected chi connectivity index (χ2v) is 12.0. The van der Waals surface area contributed by atoms with E-state index in [9.17, 15) is 14.0 Å². The molecule has 0 saturated heterocycles. The molecule has 0 unspecified atom stereocenters. The lowest BCUT2D eigenvalue weighted by Gasteiger charge is -2.39. The Balaban J connectivity index is 1.68. The zero-order valence-corrected chi connectivity index (χ0v) is 26.6. The van der Waals surface area contributed by atoms with Gasteiger partial charge in [-0.2, -0.15) is 0 Å². The monoisotopic (exact) mass is 607 g/mol. The molecule has 9 nitrogen and oxygen atoms in total. The molecule has 3 N–H and O–H groups in total. The number of fused-ring (bicyclic) bond motifs is 1. The summed E-state index contributed by atoms with van der Waals surface area (Å²) in [4.78, 5) is 27.2. The van der Waals surface area contributed by atoms with E-state index in [4.69, 9.17) is 24.7 Å². The van der Waals surface area contributed by atoms with Crippen LogP contribution in [-0.2, 0) is 20.9 Å². The number of nitrogens with one attached hydrogen (secondary N) is 1. The Kier molecular flexibility index (Phi) is 9.73. The van der Waals surface area contributed by atoms with Crippen LogP contribution in [-0.4, -0.2) is 50.3 Å². The average molecular weight is 608 g/mol. The minimum atomic E-state index is -0.803. The number of ether oxygens (including phenoxy) is 4. The van der Waals surface area contributed by atoms with Gasteiger partial charge in [0.05, 0.1) is 18.5 Å². The van der Waals surface area contributed by atoms with E-state index in [1.807, 2.05) is 52.8 Å². The number of aryl methyl sites for hydroxylation is 1. The number of benzene rings is 3. The van der Waals surface area contributed by atoms with E-state index in [-0.39, 0.29) is 25.0 Å². The summed E-state index contributed by atoms with van der Waals surface area (Å²) in [5, 5.41) is 3.34. The van der Waals surface area contributed by atoms with E-state index in [0.29, 0.717) is 22.9 Å². The first kappa shape index (κ1) is 32.6. The molecule has 3 aromatic rings. The SMILES string of the molecule is COc1cc(OC[C@H](C)OC(=O)[C@@H](N)C(C)C)ccc1-c1ccc2c(c1COc1cc(F)ccc1C)N(C)C(=O)C(C)(C)N2. The van der Waals surface area contributed by atoms with E-state index >= 15 is 0 Å². The Morgan fingerprint density at radius 1 is 1.02 bits per heavy atom. The lowest BCUT2D eigenvalue weighted by Crippen LogP contribution is -2.52. The summed E-state index contributed by atoms with van der Waals surface area (Å²) < 4.78 is 37.4. The summed E-state index contributed by atoms with van der Waals surface area (Å²) in [7, 11) is 3.30. The Labute approximate surface area is 258 Å². The molecule has 4 rings (SSSR count). The molecular formula is C34H42FN3O6. The third-order valence-electron chi connectivity index (χ3n) is 7.68. The Morgan fingerprint density at radius 2 is 1.73 bits per heavy atom. The van der Waals surface area contributed by atoms with Gasteiger partial charge >= 0.3 is 5.97 Å². The number of nitrogens with two attached hydrogens (primary N) is 1. The summed E-state index contributed by atoms with van der Waals surface area (Å²) in [5.41, 5.74) is 9.55. The van der Waals surface area contributed by atoms with Crippen molar-refractivity contribution in [2.24, 2.45) is 11.7 Å². The van der Waals surface area contributed by atoms with Gasteiger partial charge < -0.3 is 34.9 Å². The van der Waals surface area contributed by atoms with Gasteiger partial charge in [-0.3, -0.25) is 9.59 Å². The maximum absolute atomic E-state index is 14.1. The molecule has 44 heavy (non-hydrogen) atoms. The maximum atomic E-state index is 14.1. The quantitative estimate of drug-likeness (QED) is 0.261. The Hall–Kier alpha value is -4.31. The number of amides is 1. The highest BCUT2D eigenvalue weighted by Crippen LogP contribution is 2.45. The molecule has 0 fully saturated rings. The summed E-state index contributed by atoms with van der Waals surface area (Å²) in [5.74, 6) is 0.432. The summed E-state index contributed by atoms with van der Waals surface area (Å²) in [6, 6.07) is 13.0. The molecule has 1 aliphatic rings. The Morgan fingerprint density at radius 3 is 2.41 bits per heavy atom. The normalized spacial score (nSPS) is 15.2. The van der Waals surface area contributed by atoms with Gasteiger partial charge in [0.15, 0.2) is 0 Å². The lowest BCUT2D eigenvalue weighted by molar-refractivity contribution is -0.152. The molecule has 3 aromatic carbocycles. The van der Waals surface area contributed by atoms with Crippen molar-refractivity contribution in [3.8, 4) is 28.4 Å². The van der Waals surface area contributed by atoms with E-state index in [1.54, 1.807) is 44.2 Å². The predicted octanol–water partition coefficient (Wildman–Crippen LogP) is 5.85. The summed E-state index contributed by atoms with van der Waals surface area (Å²) in [6.07, 6.45) is -0.515. The smallest absolute Gasteiger partial charge is 0.323 e. The fourth-order valence-electron chi connectivity index (χ4n) is 5.09. The van der Waals surface area contributed by atoms with Crippen molar-refractivity contribution in [1.82, 2.24) is 0 Å². The third-order valence-corrected chi connectivity index (χ3v) is 7.68. The largest absolute Gasteiger partial charge is 0.496 e. The van der Waals surface area contributed by atoms with Crippen molar-refractivity contribution in [2.75, 3.05) is 31.0 Å². The lowest BCUT2D eigenvalue weighted by atomic mass is 9.91. The molecule has 1 aliphatic heterocycles. The predicted molar refractivity (Wildman–Crippen MR) is 169 cm³/mol. The second kappa shape index (κ2) is 13.1. The highest BCUT2D eigenvalue weighted by Gasteiger charge is 2.39. The number of hydrogen-bond donors (Lipinski definition) is 2. The fraction of sp³-hybridized carbons (Fsp3) is 0.412. The van der Waals surface area contributed by atoms with Crippen molar-refractivity contribution in [2.45, 2.75) is 65.8 Å². The molecule has 0 saturated carbocycles. The van der Waals surface area contributed by atoms with Crippen molar-refractivity contribution < 1.29 is 32.9 Å². The van der Waals surface area contributed by atoms with Crippen molar-refractivity contribution in [3.63, 3.8) is 0 Å². The molecule has 1 heterocycles. The van der Waals surface area contributed by atoms with Gasteiger partial charge in [-0.15, -0.1) is 0 Å². The van der Waals surface area contributed by atoms with E-state index in [2.05, 4.69) is 5.32 Å². The maximum Gasteiger partial charge on any atom is 0.323 e. The van der Waals surface area contributed by atoms with Gasteiger partial charge in [0.25, 0.3) is 5.91 Å². The number of halogens is 1. The topological polar surface area (TPSA) is 112 Å². The van der Waals surface area contributed by atoms with Gasteiger partial charge in [-0.1, -0.05) is 26.0 Å². The van der Waals surface area contributed by atoms with Gasteiger partial charge in [0.1, 0.15) is 54.0 Å². The summed E-state index contributed by atoms with van der Waals surface area (Å²) >= 11 is 0. The molecule has 2 atom stereocenters. The minimum Gasteiger partial charge on any atom is -0.496 e. The second-order valence-electron chi connectivity index (χ2n) is 12.0. The highest BCUT2D eigenvalue weighted by atomic mass is 19.1. The van der Waals surface area contributed by atoms with Crippen LogP contribution in [0, 0.1) is 18.7 Å². The van der Waals surface area contributed by atoms with Gasteiger partial charge in [-0.25, -0.2) is 4.39 Å². The molecule has 0 bridgehead atoms. The molecular weight excluding hydrogens is 565 g/mol. The first-order valence-electron chi connectivity index (χ1n) is 14.6. The van der Waals surface area contributed by atoms with Crippen LogP contribution in [0.15, 0.2) is 48.5 Å². The zero-order valence-electron chi connectivity index (χ0n) is 26.6. The van der Waals surface area contributed by atoms with Crippen LogP contribution in [0.2, 0.25) is 0 Å². The third kappa shape index (κ3) is 6.91. The van der Waals surface area contributed by atoms with Crippen molar-refractivity contribution in [1.29, 1.82) is 0 Å². The number of methoxy groups -OCH3 is 1. The highest BCUT2D eigenvalue weighted by molar-refractivity contribution is 6.08. The van der Waals surface area contributed by atoms with Crippen LogP contribution < -0.4 is 30.2 Å².